The smallest absolute Gasteiger partial charge is 0.136 e. The highest BCUT2D eigenvalue weighted by molar-refractivity contribution is 8.00. The standard InChI is InChI=1S/C16H16FNOS/c17-14-5-1-2-6-16(14)20-13-7-9-19-15(10-13)12-4-3-8-18-11-12/h1-6,8,11,13,15H,7,9-10H2/t13-,15+/m1/s1. The highest BCUT2D eigenvalue weighted by Gasteiger charge is 2.25. The largest absolute Gasteiger partial charge is 0.373 e. The Morgan fingerprint density at radius 3 is 2.90 bits per heavy atom. The Morgan fingerprint density at radius 1 is 1.20 bits per heavy atom. The maximum absolute atomic E-state index is 13.7. The van der Waals surface area contributed by atoms with Crippen molar-refractivity contribution in [3.63, 3.8) is 0 Å². The molecule has 0 saturated carbocycles. The molecule has 0 unspecified atom stereocenters. The molecule has 2 nitrogen and oxygen atoms in total. The van der Waals surface area contributed by atoms with Crippen LogP contribution in [0.1, 0.15) is 24.5 Å². The molecule has 2 heterocycles. The topological polar surface area (TPSA) is 22.1 Å². The molecule has 1 fully saturated rings. The zero-order valence-corrected chi connectivity index (χ0v) is 11.9. The number of halogens is 1. The Morgan fingerprint density at radius 2 is 2.10 bits per heavy atom. The molecule has 1 aliphatic rings. The molecule has 0 spiro atoms. The predicted octanol–water partition coefficient (Wildman–Crippen LogP) is 4.23. The second-order valence-corrected chi connectivity index (χ2v) is 6.18. The molecule has 0 bridgehead atoms. The Hall–Kier alpha value is -1.39. The van der Waals surface area contributed by atoms with Gasteiger partial charge < -0.3 is 4.74 Å². The molecule has 20 heavy (non-hydrogen) atoms. The van der Waals surface area contributed by atoms with Crippen LogP contribution in [0.2, 0.25) is 0 Å². The number of aromatic nitrogens is 1. The van der Waals surface area contributed by atoms with E-state index in [1.807, 2.05) is 30.5 Å². The molecule has 3 rings (SSSR count). The third kappa shape index (κ3) is 3.19. The summed E-state index contributed by atoms with van der Waals surface area (Å²) in [5.74, 6) is -0.137. The lowest BCUT2D eigenvalue weighted by Gasteiger charge is -2.29. The molecule has 2 aromatic rings. The number of hydrogen-bond donors (Lipinski definition) is 0. The molecular weight excluding hydrogens is 273 g/mol. The minimum Gasteiger partial charge on any atom is -0.373 e. The van der Waals surface area contributed by atoms with Gasteiger partial charge in [-0.3, -0.25) is 4.98 Å². The van der Waals surface area contributed by atoms with E-state index in [1.54, 1.807) is 24.0 Å². The Labute approximate surface area is 122 Å². The summed E-state index contributed by atoms with van der Waals surface area (Å²) < 4.78 is 19.5. The van der Waals surface area contributed by atoms with Gasteiger partial charge in [0, 0.05) is 29.1 Å². The van der Waals surface area contributed by atoms with Crippen LogP contribution in [0.5, 0.6) is 0 Å². The van der Waals surface area contributed by atoms with Gasteiger partial charge >= 0.3 is 0 Å². The van der Waals surface area contributed by atoms with Crippen LogP contribution in [0.15, 0.2) is 53.7 Å². The van der Waals surface area contributed by atoms with Crippen LogP contribution in [0.4, 0.5) is 4.39 Å². The second kappa shape index (κ2) is 6.37. The normalized spacial score (nSPS) is 22.6. The van der Waals surface area contributed by atoms with Crippen LogP contribution in [-0.2, 0) is 4.74 Å². The maximum Gasteiger partial charge on any atom is 0.136 e. The van der Waals surface area contributed by atoms with Gasteiger partial charge in [-0.2, -0.15) is 0 Å². The molecule has 0 radical (unpaired) electrons. The number of thioether (sulfide) groups is 1. The molecular formula is C16H16FNOS. The summed E-state index contributed by atoms with van der Waals surface area (Å²) in [5.41, 5.74) is 1.10. The third-order valence-electron chi connectivity index (χ3n) is 3.42. The van der Waals surface area contributed by atoms with E-state index in [0.29, 0.717) is 11.9 Å². The van der Waals surface area contributed by atoms with Gasteiger partial charge in [0.05, 0.1) is 6.10 Å². The van der Waals surface area contributed by atoms with E-state index >= 15 is 0 Å². The average molecular weight is 289 g/mol. The van der Waals surface area contributed by atoms with E-state index < -0.39 is 0 Å². The van der Waals surface area contributed by atoms with Crippen molar-refractivity contribution in [3.8, 4) is 0 Å². The first-order valence-electron chi connectivity index (χ1n) is 6.75. The Balaban J connectivity index is 1.68. The van der Waals surface area contributed by atoms with Crippen molar-refractivity contribution >= 4 is 11.8 Å². The summed E-state index contributed by atoms with van der Waals surface area (Å²) in [5, 5.41) is 0.380. The van der Waals surface area contributed by atoms with Crippen molar-refractivity contribution in [1.82, 2.24) is 4.98 Å². The molecule has 1 aromatic carbocycles. The van der Waals surface area contributed by atoms with E-state index in [-0.39, 0.29) is 11.9 Å². The molecule has 4 heteroatoms. The quantitative estimate of drug-likeness (QED) is 0.844. The lowest BCUT2D eigenvalue weighted by Crippen LogP contribution is -2.21. The first-order chi connectivity index (χ1) is 9.83. The number of ether oxygens (including phenoxy) is 1. The van der Waals surface area contributed by atoms with Crippen molar-refractivity contribution in [2.24, 2.45) is 0 Å². The van der Waals surface area contributed by atoms with Gasteiger partial charge in [0.25, 0.3) is 0 Å². The van der Waals surface area contributed by atoms with Crippen LogP contribution >= 0.6 is 11.8 Å². The zero-order valence-electron chi connectivity index (χ0n) is 11.0. The van der Waals surface area contributed by atoms with Gasteiger partial charge in [0.15, 0.2) is 0 Å². The van der Waals surface area contributed by atoms with Gasteiger partial charge in [0.2, 0.25) is 0 Å². The summed E-state index contributed by atoms with van der Waals surface area (Å²) in [4.78, 5) is 4.86. The molecule has 1 saturated heterocycles. The maximum atomic E-state index is 13.7. The fourth-order valence-electron chi connectivity index (χ4n) is 2.39. The van der Waals surface area contributed by atoms with Crippen LogP contribution in [0, 0.1) is 5.82 Å². The summed E-state index contributed by atoms with van der Waals surface area (Å²) in [6.07, 6.45) is 5.53. The van der Waals surface area contributed by atoms with E-state index in [2.05, 4.69) is 4.98 Å². The molecule has 2 atom stereocenters. The minimum atomic E-state index is -0.137. The van der Waals surface area contributed by atoms with Crippen molar-refractivity contribution in [2.45, 2.75) is 29.1 Å². The summed E-state index contributed by atoms with van der Waals surface area (Å²) >= 11 is 1.61. The lowest BCUT2D eigenvalue weighted by atomic mass is 10.0. The van der Waals surface area contributed by atoms with E-state index in [1.165, 1.54) is 6.07 Å². The van der Waals surface area contributed by atoms with Crippen LogP contribution in [-0.4, -0.2) is 16.8 Å². The summed E-state index contributed by atoms with van der Waals surface area (Å²) in [6, 6.07) is 10.9. The first kappa shape index (κ1) is 13.6. The fourth-order valence-corrected chi connectivity index (χ4v) is 3.57. The molecule has 0 amide bonds. The summed E-state index contributed by atoms with van der Waals surface area (Å²) in [7, 11) is 0. The highest BCUT2D eigenvalue weighted by atomic mass is 32.2. The second-order valence-electron chi connectivity index (χ2n) is 4.84. The zero-order chi connectivity index (χ0) is 13.8. The van der Waals surface area contributed by atoms with Crippen LogP contribution in [0.25, 0.3) is 0 Å². The van der Waals surface area contributed by atoms with Gasteiger partial charge in [0.1, 0.15) is 5.82 Å². The minimum absolute atomic E-state index is 0.0710. The molecule has 0 aliphatic carbocycles. The Bertz CT molecular complexity index is 563. The van der Waals surface area contributed by atoms with Crippen molar-refractivity contribution in [1.29, 1.82) is 0 Å². The van der Waals surface area contributed by atoms with Crippen molar-refractivity contribution < 1.29 is 9.13 Å². The van der Waals surface area contributed by atoms with Gasteiger partial charge in [-0.25, -0.2) is 4.39 Å². The van der Waals surface area contributed by atoms with Crippen LogP contribution in [0.3, 0.4) is 0 Å². The SMILES string of the molecule is Fc1ccccc1S[C@@H]1CCO[C@H](c2cccnc2)C1. The van der Waals surface area contributed by atoms with Gasteiger partial charge in [-0.15, -0.1) is 11.8 Å². The van der Waals surface area contributed by atoms with Crippen molar-refractivity contribution in [3.05, 3.63) is 60.2 Å². The third-order valence-corrected chi connectivity index (χ3v) is 4.77. The van der Waals surface area contributed by atoms with Gasteiger partial charge in [-0.05, 0) is 36.6 Å². The van der Waals surface area contributed by atoms with Gasteiger partial charge in [-0.1, -0.05) is 18.2 Å². The number of hydrogen-bond acceptors (Lipinski definition) is 3. The first-order valence-corrected chi connectivity index (χ1v) is 7.63. The molecule has 1 aromatic heterocycles. The Kier molecular flexibility index (Phi) is 4.33. The van der Waals surface area contributed by atoms with Crippen LogP contribution < -0.4 is 0 Å². The van der Waals surface area contributed by atoms with Crippen molar-refractivity contribution in [2.75, 3.05) is 6.61 Å². The number of benzene rings is 1. The number of pyridine rings is 1. The number of nitrogens with zero attached hydrogens (tertiary/aromatic N) is 1. The predicted molar refractivity (Wildman–Crippen MR) is 78.2 cm³/mol. The fraction of sp³-hybridized carbons (Fsp3) is 0.312. The lowest BCUT2D eigenvalue weighted by molar-refractivity contribution is 0.0176. The molecule has 104 valence electrons. The average Bonchev–Trinajstić information content (AvgIpc) is 2.51. The molecule has 1 aliphatic heterocycles. The highest BCUT2D eigenvalue weighted by Crippen LogP contribution is 2.37. The van der Waals surface area contributed by atoms with E-state index in [4.69, 9.17) is 4.74 Å². The summed E-state index contributed by atoms with van der Waals surface area (Å²) in [6.45, 7) is 0.714. The van der Waals surface area contributed by atoms with E-state index in [0.717, 1.165) is 23.3 Å². The molecule has 0 N–H and O–H groups in total. The number of rotatable bonds is 3. The van der Waals surface area contributed by atoms with E-state index in [9.17, 15) is 4.39 Å². The monoisotopic (exact) mass is 289 g/mol.